The molecule has 6 nitrogen and oxygen atoms in total. The number of aliphatic carboxylic acids is 1. The molecule has 21 heavy (non-hydrogen) atoms. The summed E-state index contributed by atoms with van der Waals surface area (Å²) in [7, 11) is 0. The topological polar surface area (TPSA) is 83.7 Å². The first-order valence-electron chi connectivity index (χ1n) is 6.54. The maximum absolute atomic E-state index is 13.8. The van der Waals surface area contributed by atoms with Crippen molar-refractivity contribution in [1.29, 1.82) is 0 Å². The Labute approximate surface area is 134 Å². The first-order chi connectivity index (χ1) is 9.91. The Hall–Kier alpha value is -1.45. The standard InChI is InChI=1S/C13H14FIN2O4/c14-8-6-11(12(17(20)21)7-9(8)15)16-5-3-1-2-4-10(16)13(18)19/h6-7,10H,1-5H2,(H,18,19). The fraction of sp³-hybridized carbons (Fsp3) is 0.462. The van der Waals surface area contributed by atoms with Gasteiger partial charge in [-0.2, -0.15) is 0 Å². The lowest BCUT2D eigenvalue weighted by atomic mass is 10.1. The van der Waals surface area contributed by atoms with E-state index in [1.165, 1.54) is 4.90 Å². The molecule has 1 aromatic carbocycles. The highest BCUT2D eigenvalue weighted by atomic mass is 127. The molecular weight excluding hydrogens is 394 g/mol. The number of halogens is 2. The van der Waals surface area contributed by atoms with Gasteiger partial charge in [0.25, 0.3) is 5.69 Å². The van der Waals surface area contributed by atoms with Gasteiger partial charge >= 0.3 is 5.97 Å². The lowest BCUT2D eigenvalue weighted by Gasteiger charge is -2.28. The van der Waals surface area contributed by atoms with Gasteiger partial charge in [-0.25, -0.2) is 9.18 Å². The van der Waals surface area contributed by atoms with E-state index in [1.54, 1.807) is 22.6 Å². The van der Waals surface area contributed by atoms with Crippen molar-refractivity contribution in [3.63, 3.8) is 0 Å². The third kappa shape index (κ3) is 3.42. The van der Waals surface area contributed by atoms with Gasteiger partial charge in [-0.15, -0.1) is 0 Å². The Morgan fingerprint density at radius 2 is 2.14 bits per heavy atom. The second-order valence-electron chi connectivity index (χ2n) is 4.91. The molecule has 1 saturated heterocycles. The van der Waals surface area contributed by atoms with Crippen LogP contribution in [0, 0.1) is 19.5 Å². The van der Waals surface area contributed by atoms with E-state index in [-0.39, 0.29) is 14.9 Å². The number of carboxylic acids is 1. The zero-order valence-electron chi connectivity index (χ0n) is 11.1. The number of carboxylic acid groups (broad SMARTS) is 1. The number of hydrogen-bond donors (Lipinski definition) is 1. The van der Waals surface area contributed by atoms with Crippen molar-refractivity contribution in [2.75, 3.05) is 11.4 Å². The number of benzene rings is 1. The molecule has 0 radical (unpaired) electrons. The molecule has 1 aliphatic heterocycles. The highest BCUT2D eigenvalue weighted by Crippen LogP contribution is 2.35. The van der Waals surface area contributed by atoms with Gasteiger partial charge in [0.2, 0.25) is 0 Å². The molecule has 1 unspecified atom stereocenters. The maximum Gasteiger partial charge on any atom is 0.326 e. The monoisotopic (exact) mass is 408 g/mol. The van der Waals surface area contributed by atoms with Crippen LogP contribution >= 0.6 is 22.6 Å². The summed E-state index contributed by atoms with van der Waals surface area (Å²) in [4.78, 5) is 23.5. The third-order valence-electron chi connectivity index (χ3n) is 3.56. The Morgan fingerprint density at radius 3 is 2.76 bits per heavy atom. The number of nitro benzene ring substituents is 1. The first-order valence-corrected chi connectivity index (χ1v) is 7.62. The van der Waals surface area contributed by atoms with Crippen LogP contribution in [0.1, 0.15) is 25.7 Å². The molecule has 1 aromatic rings. The molecule has 0 aromatic heterocycles. The largest absolute Gasteiger partial charge is 0.480 e. The van der Waals surface area contributed by atoms with Gasteiger partial charge in [0, 0.05) is 18.7 Å². The summed E-state index contributed by atoms with van der Waals surface area (Å²) in [6, 6.07) is 1.36. The van der Waals surface area contributed by atoms with Crippen LogP contribution in [0.4, 0.5) is 15.8 Å². The fourth-order valence-electron chi connectivity index (χ4n) is 2.56. The molecule has 1 atom stereocenters. The zero-order chi connectivity index (χ0) is 15.6. The summed E-state index contributed by atoms with van der Waals surface area (Å²) in [5.74, 6) is -1.62. The predicted octanol–water partition coefficient (Wildman–Crippen LogP) is 3.17. The molecule has 0 aliphatic carbocycles. The fourth-order valence-corrected chi connectivity index (χ4v) is 3.01. The SMILES string of the molecule is O=C(O)C1CCCCCN1c1cc(F)c(I)cc1[N+](=O)[O-]. The highest BCUT2D eigenvalue weighted by Gasteiger charge is 2.32. The molecule has 0 bridgehead atoms. The summed E-state index contributed by atoms with van der Waals surface area (Å²) in [6.07, 6.45) is 2.74. The van der Waals surface area contributed by atoms with E-state index in [9.17, 15) is 24.4 Å². The van der Waals surface area contributed by atoms with Crippen LogP contribution in [0.3, 0.4) is 0 Å². The number of rotatable bonds is 3. The lowest BCUT2D eigenvalue weighted by Crippen LogP contribution is -2.41. The molecule has 1 heterocycles. The van der Waals surface area contributed by atoms with E-state index in [0.29, 0.717) is 13.0 Å². The smallest absolute Gasteiger partial charge is 0.326 e. The Balaban J connectivity index is 2.53. The van der Waals surface area contributed by atoms with Gasteiger partial charge in [-0.1, -0.05) is 12.8 Å². The second kappa shape index (κ2) is 6.54. The zero-order valence-corrected chi connectivity index (χ0v) is 13.2. The van der Waals surface area contributed by atoms with Gasteiger partial charge in [0.05, 0.1) is 8.49 Å². The van der Waals surface area contributed by atoms with Crippen LogP contribution in [-0.2, 0) is 4.79 Å². The average molecular weight is 408 g/mol. The number of nitrogens with zero attached hydrogens (tertiary/aromatic N) is 2. The van der Waals surface area contributed by atoms with Crippen molar-refractivity contribution < 1.29 is 19.2 Å². The molecule has 0 spiro atoms. The van der Waals surface area contributed by atoms with E-state index in [2.05, 4.69) is 0 Å². The number of carbonyl (C=O) groups is 1. The Kier molecular flexibility index (Phi) is 4.96. The number of nitro groups is 1. The van der Waals surface area contributed by atoms with Gasteiger partial charge in [0.15, 0.2) is 0 Å². The molecule has 114 valence electrons. The summed E-state index contributed by atoms with van der Waals surface area (Å²) >= 11 is 1.68. The highest BCUT2D eigenvalue weighted by molar-refractivity contribution is 14.1. The van der Waals surface area contributed by atoms with Gasteiger partial charge in [-0.05, 0) is 35.4 Å². The molecule has 1 aliphatic rings. The van der Waals surface area contributed by atoms with Crippen LogP contribution in [0.25, 0.3) is 0 Å². The average Bonchev–Trinajstić information content (AvgIpc) is 2.66. The molecule has 8 heteroatoms. The Bertz CT molecular complexity index is 582. The van der Waals surface area contributed by atoms with E-state index >= 15 is 0 Å². The molecular formula is C13H14FIN2O4. The predicted molar refractivity (Wildman–Crippen MR) is 83.0 cm³/mol. The summed E-state index contributed by atoms with van der Waals surface area (Å²) in [5.41, 5.74) is -0.207. The summed E-state index contributed by atoms with van der Waals surface area (Å²) in [5, 5.41) is 20.5. The van der Waals surface area contributed by atoms with Crippen LogP contribution in [0.15, 0.2) is 12.1 Å². The summed E-state index contributed by atoms with van der Waals surface area (Å²) < 4.78 is 13.9. The van der Waals surface area contributed by atoms with Crippen molar-refractivity contribution in [1.82, 2.24) is 0 Å². The molecule has 0 amide bonds. The van der Waals surface area contributed by atoms with E-state index in [4.69, 9.17) is 0 Å². The lowest BCUT2D eigenvalue weighted by molar-refractivity contribution is -0.384. The van der Waals surface area contributed by atoms with Crippen molar-refractivity contribution >= 4 is 39.9 Å². The van der Waals surface area contributed by atoms with Crippen molar-refractivity contribution in [3.8, 4) is 0 Å². The maximum atomic E-state index is 13.8. The molecule has 1 fully saturated rings. The minimum atomic E-state index is -1.04. The van der Waals surface area contributed by atoms with Crippen LogP contribution in [0.2, 0.25) is 0 Å². The van der Waals surface area contributed by atoms with Gasteiger partial charge in [0.1, 0.15) is 17.5 Å². The van der Waals surface area contributed by atoms with E-state index in [0.717, 1.165) is 31.4 Å². The Morgan fingerprint density at radius 1 is 1.43 bits per heavy atom. The minimum absolute atomic E-state index is 0.0483. The minimum Gasteiger partial charge on any atom is -0.480 e. The van der Waals surface area contributed by atoms with Crippen molar-refractivity contribution in [3.05, 3.63) is 31.6 Å². The molecule has 0 saturated carbocycles. The summed E-state index contributed by atoms with van der Waals surface area (Å²) in [6.45, 7) is 0.373. The number of anilines is 1. The van der Waals surface area contributed by atoms with Crippen molar-refractivity contribution in [2.24, 2.45) is 0 Å². The van der Waals surface area contributed by atoms with Crippen LogP contribution in [-0.4, -0.2) is 28.6 Å². The van der Waals surface area contributed by atoms with Crippen LogP contribution < -0.4 is 4.90 Å². The molecule has 1 N–H and O–H groups in total. The van der Waals surface area contributed by atoms with Crippen molar-refractivity contribution in [2.45, 2.75) is 31.7 Å². The first kappa shape index (κ1) is 15.9. The van der Waals surface area contributed by atoms with E-state index < -0.39 is 22.8 Å². The normalized spacial score (nSPS) is 19.1. The van der Waals surface area contributed by atoms with Crippen LogP contribution in [0.5, 0.6) is 0 Å². The number of hydrogen-bond acceptors (Lipinski definition) is 4. The van der Waals surface area contributed by atoms with Gasteiger partial charge in [-0.3, -0.25) is 10.1 Å². The van der Waals surface area contributed by atoms with E-state index in [1.807, 2.05) is 0 Å². The quantitative estimate of drug-likeness (QED) is 0.472. The second-order valence-corrected chi connectivity index (χ2v) is 6.07. The third-order valence-corrected chi connectivity index (χ3v) is 4.39. The molecule has 2 rings (SSSR count). The van der Waals surface area contributed by atoms with Gasteiger partial charge < -0.3 is 10.0 Å².